The van der Waals surface area contributed by atoms with Gasteiger partial charge in [0, 0.05) is 0 Å². The maximum Gasteiger partial charge on any atom is 0.109 e. The van der Waals surface area contributed by atoms with Crippen molar-refractivity contribution in [3.05, 3.63) is 0 Å². The van der Waals surface area contributed by atoms with Gasteiger partial charge in [-0.15, -0.1) is 0 Å². The van der Waals surface area contributed by atoms with E-state index in [2.05, 4.69) is 0 Å². The minimum absolute atomic E-state index is 0.144. The standard InChI is InChI=1S/C6H16N4O3/c7-3-2-13-4(1-10(8)9)6(12)5(3)11/h3-6,11-12H,1-2,7-9H2/t3-,4?,5?,6+/m1/s1. The quantitative estimate of drug-likeness (QED) is 0.226. The van der Waals surface area contributed by atoms with Crippen LogP contribution in [0.5, 0.6) is 0 Å². The second kappa shape index (κ2) is 4.29. The first kappa shape index (κ1) is 10.8. The van der Waals surface area contributed by atoms with E-state index in [9.17, 15) is 10.2 Å². The van der Waals surface area contributed by atoms with Crippen LogP contribution in [0.1, 0.15) is 0 Å². The Bertz CT molecular complexity index is 168. The fourth-order valence-electron chi connectivity index (χ4n) is 1.27. The molecule has 4 atom stereocenters. The van der Waals surface area contributed by atoms with Gasteiger partial charge in [-0.05, 0) is 0 Å². The molecule has 8 N–H and O–H groups in total. The first-order chi connectivity index (χ1) is 6.02. The van der Waals surface area contributed by atoms with Crippen molar-refractivity contribution in [1.29, 1.82) is 0 Å². The van der Waals surface area contributed by atoms with Crippen LogP contribution in [0.15, 0.2) is 0 Å². The summed E-state index contributed by atoms with van der Waals surface area (Å²) in [6.07, 6.45) is -2.62. The Kier molecular flexibility index (Phi) is 3.56. The molecule has 1 heterocycles. The van der Waals surface area contributed by atoms with E-state index in [1.165, 1.54) is 0 Å². The molecular weight excluding hydrogens is 176 g/mol. The summed E-state index contributed by atoms with van der Waals surface area (Å²) in [6, 6.07) is -0.560. The number of hydrazine groups is 2. The van der Waals surface area contributed by atoms with Crippen molar-refractivity contribution in [2.45, 2.75) is 24.4 Å². The predicted molar refractivity (Wildman–Crippen MR) is 44.8 cm³/mol. The van der Waals surface area contributed by atoms with Gasteiger partial charge in [-0.1, -0.05) is 0 Å². The second-order valence-electron chi connectivity index (χ2n) is 3.21. The third-order valence-corrected chi connectivity index (χ3v) is 2.06. The SMILES string of the molecule is N[C@@H]1COC(CN(N)N)[C@H](O)C1O. The Morgan fingerprint density at radius 3 is 2.46 bits per heavy atom. The molecule has 13 heavy (non-hydrogen) atoms. The molecule has 1 rings (SSSR count). The highest BCUT2D eigenvalue weighted by Crippen LogP contribution is 2.14. The largest absolute Gasteiger partial charge is 0.389 e. The van der Waals surface area contributed by atoms with Crippen molar-refractivity contribution >= 4 is 0 Å². The summed E-state index contributed by atoms with van der Waals surface area (Å²) in [5.74, 6) is 10.3. The van der Waals surface area contributed by atoms with Gasteiger partial charge in [-0.2, -0.15) is 5.12 Å². The molecule has 7 heteroatoms. The normalized spacial score (nSPS) is 41.1. The van der Waals surface area contributed by atoms with Crippen LogP contribution >= 0.6 is 0 Å². The molecular formula is C6H16N4O3. The predicted octanol–water partition coefficient (Wildman–Crippen LogP) is -3.52. The van der Waals surface area contributed by atoms with Crippen LogP contribution in [0, 0.1) is 0 Å². The molecule has 1 fully saturated rings. The van der Waals surface area contributed by atoms with Crippen molar-refractivity contribution in [2.75, 3.05) is 13.2 Å². The topological polar surface area (TPSA) is 131 Å². The molecule has 7 nitrogen and oxygen atoms in total. The Morgan fingerprint density at radius 2 is 1.92 bits per heavy atom. The lowest BCUT2D eigenvalue weighted by atomic mass is 9.99. The molecule has 1 saturated heterocycles. The van der Waals surface area contributed by atoms with Crippen molar-refractivity contribution in [1.82, 2.24) is 5.12 Å². The first-order valence-electron chi connectivity index (χ1n) is 4.02. The Balaban J connectivity index is 2.48. The summed E-state index contributed by atoms with van der Waals surface area (Å²) in [6.45, 7) is 0.335. The average molecular weight is 192 g/mol. The van der Waals surface area contributed by atoms with Crippen LogP contribution in [-0.2, 0) is 4.74 Å². The number of nitrogens with zero attached hydrogens (tertiary/aromatic N) is 1. The van der Waals surface area contributed by atoms with Crippen LogP contribution < -0.4 is 17.4 Å². The van der Waals surface area contributed by atoms with Crippen molar-refractivity contribution in [2.24, 2.45) is 17.4 Å². The highest BCUT2D eigenvalue weighted by Gasteiger charge is 2.36. The highest BCUT2D eigenvalue weighted by atomic mass is 16.5. The van der Waals surface area contributed by atoms with Gasteiger partial charge in [0.15, 0.2) is 0 Å². The van der Waals surface area contributed by atoms with Crippen LogP contribution in [0.4, 0.5) is 0 Å². The lowest BCUT2D eigenvalue weighted by Gasteiger charge is -2.36. The third-order valence-electron chi connectivity index (χ3n) is 2.06. The molecule has 0 radical (unpaired) electrons. The number of aliphatic hydroxyl groups excluding tert-OH is 2. The average Bonchev–Trinajstić information content (AvgIpc) is 2.06. The number of rotatable bonds is 2. The third kappa shape index (κ3) is 2.58. The van der Waals surface area contributed by atoms with Gasteiger partial charge >= 0.3 is 0 Å². The molecule has 1 aliphatic heterocycles. The van der Waals surface area contributed by atoms with E-state index in [-0.39, 0.29) is 13.2 Å². The Hall–Kier alpha value is -0.280. The smallest absolute Gasteiger partial charge is 0.109 e. The van der Waals surface area contributed by atoms with E-state index in [4.69, 9.17) is 22.2 Å². The minimum Gasteiger partial charge on any atom is -0.389 e. The van der Waals surface area contributed by atoms with Crippen molar-refractivity contribution in [3.63, 3.8) is 0 Å². The van der Waals surface area contributed by atoms with Crippen molar-refractivity contribution < 1.29 is 14.9 Å². The lowest BCUT2D eigenvalue weighted by Crippen LogP contribution is -2.60. The van der Waals surface area contributed by atoms with Gasteiger partial charge in [0.1, 0.15) is 12.2 Å². The van der Waals surface area contributed by atoms with Gasteiger partial charge in [0.25, 0.3) is 0 Å². The summed E-state index contributed by atoms with van der Waals surface area (Å²) in [5, 5.41) is 19.7. The number of aliphatic hydroxyl groups is 2. The van der Waals surface area contributed by atoms with E-state index >= 15 is 0 Å². The molecule has 0 amide bonds. The zero-order valence-corrected chi connectivity index (χ0v) is 7.21. The summed E-state index contributed by atoms with van der Waals surface area (Å²) in [7, 11) is 0. The molecule has 2 unspecified atom stereocenters. The number of nitrogens with two attached hydrogens (primary N) is 3. The molecule has 0 aromatic heterocycles. The fourth-order valence-corrected chi connectivity index (χ4v) is 1.27. The molecule has 78 valence electrons. The summed E-state index contributed by atoms with van der Waals surface area (Å²) >= 11 is 0. The van der Waals surface area contributed by atoms with E-state index in [1.807, 2.05) is 0 Å². The minimum atomic E-state index is -1.04. The van der Waals surface area contributed by atoms with Crippen LogP contribution in [0.25, 0.3) is 0 Å². The van der Waals surface area contributed by atoms with Crippen LogP contribution in [-0.4, -0.2) is 52.8 Å². The lowest BCUT2D eigenvalue weighted by molar-refractivity contribution is -0.150. The van der Waals surface area contributed by atoms with E-state index in [0.29, 0.717) is 0 Å². The van der Waals surface area contributed by atoms with Gasteiger partial charge in [0.2, 0.25) is 0 Å². The van der Waals surface area contributed by atoms with E-state index in [0.717, 1.165) is 5.12 Å². The second-order valence-corrected chi connectivity index (χ2v) is 3.21. The Labute approximate surface area is 76.0 Å². The first-order valence-corrected chi connectivity index (χ1v) is 4.02. The maximum absolute atomic E-state index is 9.46. The molecule has 0 spiro atoms. The number of ether oxygens (including phenoxy) is 1. The maximum atomic E-state index is 9.46. The van der Waals surface area contributed by atoms with Gasteiger partial charge in [0.05, 0.1) is 25.3 Å². The van der Waals surface area contributed by atoms with Crippen LogP contribution in [0.3, 0.4) is 0 Å². The van der Waals surface area contributed by atoms with E-state index < -0.39 is 24.4 Å². The Morgan fingerprint density at radius 1 is 1.31 bits per heavy atom. The summed E-state index contributed by atoms with van der Waals surface area (Å²) in [4.78, 5) is 0. The van der Waals surface area contributed by atoms with E-state index in [1.54, 1.807) is 0 Å². The van der Waals surface area contributed by atoms with Crippen LogP contribution in [0.2, 0.25) is 0 Å². The molecule has 0 aliphatic carbocycles. The molecule has 0 bridgehead atoms. The summed E-state index contributed by atoms with van der Waals surface area (Å²) in [5.41, 5.74) is 5.45. The fraction of sp³-hybridized carbons (Fsp3) is 1.00. The molecule has 0 aromatic rings. The van der Waals surface area contributed by atoms with Gasteiger partial charge in [-0.25, -0.2) is 0 Å². The zero-order chi connectivity index (χ0) is 10.0. The number of hydrogen-bond acceptors (Lipinski definition) is 7. The zero-order valence-electron chi connectivity index (χ0n) is 7.21. The van der Waals surface area contributed by atoms with Gasteiger partial charge < -0.3 is 20.7 Å². The van der Waals surface area contributed by atoms with Gasteiger partial charge in [-0.3, -0.25) is 11.7 Å². The highest BCUT2D eigenvalue weighted by molar-refractivity contribution is 4.89. The molecule has 0 aromatic carbocycles. The van der Waals surface area contributed by atoms with Crippen molar-refractivity contribution in [3.8, 4) is 0 Å². The monoisotopic (exact) mass is 192 g/mol. The molecule has 0 saturated carbocycles. The molecule has 1 aliphatic rings. The number of hydrogen-bond donors (Lipinski definition) is 5. The summed E-state index contributed by atoms with van der Waals surface area (Å²) < 4.78 is 5.15.